The molecule has 0 unspecified atom stereocenters. The summed E-state index contributed by atoms with van der Waals surface area (Å²) >= 11 is 0.453. The molecule has 0 spiro atoms. The van der Waals surface area contributed by atoms with Crippen LogP contribution < -0.4 is 0 Å². The van der Waals surface area contributed by atoms with Crippen molar-refractivity contribution in [2.24, 2.45) is 0 Å². The first-order chi connectivity index (χ1) is 9.81. The van der Waals surface area contributed by atoms with Crippen molar-refractivity contribution in [1.82, 2.24) is 0 Å². The topological polar surface area (TPSA) is 46.2 Å². The predicted octanol–water partition coefficient (Wildman–Crippen LogP) is 2.11. The van der Waals surface area contributed by atoms with E-state index in [1.165, 1.54) is 0 Å². The van der Waals surface area contributed by atoms with Gasteiger partial charge in [-0.15, -0.1) is 0 Å². The summed E-state index contributed by atoms with van der Waals surface area (Å²) in [6, 6.07) is 0. The third-order valence-electron chi connectivity index (χ3n) is 3.77. The second kappa shape index (κ2) is 5.60. The predicted molar refractivity (Wildman–Crippen MR) is 78.1 cm³/mol. The molecule has 120 valence electrons. The Morgan fingerprint density at radius 3 is 2.29 bits per heavy atom. The van der Waals surface area contributed by atoms with Crippen LogP contribution in [0.5, 0.6) is 0 Å². The summed E-state index contributed by atoms with van der Waals surface area (Å²) in [4.78, 5) is 0. The fourth-order valence-electron chi connectivity index (χ4n) is 3.10. The molecule has 0 aromatic carbocycles. The van der Waals surface area contributed by atoms with Gasteiger partial charge >= 0.3 is 132 Å². The maximum atomic E-state index is 6.13. The first-order valence-corrected chi connectivity index (χ1v) is 9.79. The third-order valence-corrected chi connectivity index (χ3v) is 5.94. The van der Waals surface area contributed by atoms with Crippen LogP contribution >= 0.6 is 0 Å². The summed E-state index contributed by atoms with van der Waals surface area (Å²) in [5.74, 6) is -1.25. The van der Waals surface area contributed by atoms with Crippen molar-refractivity contribution in [3.63, 3.8) is 0 Å². The molecule has 0 aromatic rings. The molecule has 3 saturated heterocycles. The van der Waals surface area contributed by atoms with Gasteiger partial charge in [-0.2, -0.15) is 0 Å². The molecule has 0 amide bonds. The first kappa shape index (κ1) is 15.9. The van der Waals surface area contributed by atoms with Gasteiger partial charge < -0.3 is 0 Å². The van der Waals surface area contributed by atoms with Gasteiger partial charge in [-0.1, -0.05) is 0 Å². The van der Waals surface area contributed by atoms with Gasteiger partial charge in [0.05, 0.1) is 0 Å². The number of fused-ring (bicyclic) bond motifs is 3. The first-order valence-electron chi connectivity index (χ1n) is 7.37. The number of allylic oxidation sites excluding steroid dienone is 1. The zero-order chi connectivity index (χ0) is 15.3. The molecule has 5 atom stereocenters. The molecule has 0 bridgehead atoms. The van der Waals surface area contributed by atoms with Gasteiger partial charge in [-0.05, 0) is 0 Å². The Morgan fingerprint density at radius 1 is 0.952 bits per heavy atom. The van der Waals surface area contributed by atoms with Crippen LogP contribution in [0.2, 0.25) is 10.6 Å². The van der Waals surface area contributed by atoms with Gasteiger partial charge in [0.25, 0.3) is 0 Å². The standard InChI is InChI=1S/C15H24O5Se/c1-6-7-21-8-9-10-11(18-14(2,3)17-10)12-13(16-9)20-15(4,5)19-12/h6,9-13H,1,7-8H2,2-5H3/t9-,10+,11+,12-,13-/m1/s1. The molecule has 0 saturated carbocycles. The molecule has 3 aliphatic heterocycles. The van der Waals surface area contributed by atoms with Crippen molar-refractivity contribution in [2.45, 2.75) is 80.6 Å². The SMILES string of the molecule is C=CC[Se]C[C@H]1O[C@@H]2OC(C)(C)O[C@@H]2[C@H]2OC(C)(C)O[C@H]21. The molecule has 0 N–H and O–H groups in total. The fraction of sp³-hybridized carbons (Fsp3) is 0.867. The maximum absolute atomic E-state index is 6.13. The van der Waals surface area contributed by atoms with Crippen molar-refractivity contribution < 1.29 is 23.7 Å². The van der Waals surface area contributed by atoms with Crippen LogP contribution in [-0.2, 0) is 23.7 Å². The normalized spacial score (nSPS) is 43.3. The minimum atomic E-state index is -0.642. The second-order valence-corrected chi connectivity index (χ2v) is 8.79. The average molecular weight is 363 g/mol. The monoisotopic (exact) mass is 364 g/mol. The summed E-state index contributed by atoms with van der Waals surface area (Å²) in [6.45, 7) is 11.5. The fourth-order valence-corrected chi connectivity index (χ4v) is 4.78. The van der Waals surface area contributed by atoms with E-state index in [1.54, 1.807) is 0 Å². The van der Waals surface area contributed by atoms with Crippen LogP contribution in [0.3, 0.4) is 0 Å². The Balaban J connectivity index is 1.76. The van der Waals surface area contributed by atoms with Gasteiger partial charge in [-0.25, -0.2) is 0 Å². The summed E-state index contributed by atoms with van der Waals surface area (Å²) in [7, 11) is 0. The minimum absolute atomic E-state index is 0.00419. The van der Waals surface area contributed by atoms with E-state index in [2.05, 4.69) is 6.58 Å². The molecule has 3 fully saturated rings. The van der Waals surface area contributed by atoms with Crippen molar-refractivity contribution in [3.05, 3.63) is 12.7 Å². The molecule has 21 heavy (non-hydrogen) atoms. The molecule has 3 heterocycles. The number of ether oxygens (including phenoxy) is 5. The second-order valence-electron chi connectivity index (χ2n) is 6.53. The molecule has 3 rings (SSSR count). The van der Waals surface area contributed by atoms with Crippen LogP contribution in [-0.4, -0.2) is 57.2 Å². The van der Waals surface area contributed by atoms with Crippen LogP contribution in [0.4, 0.5) is 0 Å². The van der Waals surface area contributed by atoms with Gasteiger partial charge in [0, 0.05) is 0 Å². The van der Waals surface area contributed by atoms with E-state index in [-0.39, 0.29) is 30.7 Å². The molecular weight excluding hydrogens is 339 g/mol. The van der Waals surface area contributed by atoms with Crippen LogP contribution in [0, 0.1) is 0 Å². The van der Waals surface area contributed by atoms with E-state index in [0.29, 0.717) is 15.0 Å². The van der Waals surface area contributed by atoms with Crippen molar-refractivity contribution in [3.8, 4) is 0 Å². The van der Waals surface area contributed by atoms with Crippen molar-refractivity contribution >= 4 is 15.0 Å². The summed E-state index contributed by atoms with van der Waals surface area (Å²) < 4.78 is 30.1. The molecule has 0 aromatic heterocycles. The van der Waals surface area contributed by atoms with Gasteiger partial charge in [0.15, 0.2) is 0 Å². The Morgan fingerprint density at radius 2 is 1.57 bits per heavy atom. The summed E-state index contributed by atoms with van der Waals surface area (Å²) in [6.07, 6.45) is 1.13. The molecule has 0 aliphatic carbocycles. The van der Waals surface area contributed by atoms with E-state index in [9.17, 15) is 0 Å². The van der Waals surface area contributed by atoms with E-state index < -0.39 is 11.6 Å². The summed E-state index contributed by atoms with van der Waals surface area (Å²) in [5, 5.41) is 2.00. The molecule has 3 aliphatic rings. The van der Waals surface area contributed by atoms with Crippen molar-refractivity contribution in [1.29, 1.82) is 0 Å². The molecule has 6 heteroatoms. The van der Waals surface area contributed by atoms with E-state index in [0.717, 1.165) is 10.6 Å². The zero-order valence-electron chi connectivity index (χ0n) is 13.0. The van der Waals surface area contributed by atoms with Crippen LogP contribution in [0.15, 0.2) is 12.7 Å². The quantitative estimate of drug-likeness (QED) is 0.435. The number of hydrogen-bond donors (Lipinski definition) is 0. The van der Waals surface area contributed by atoms with Gasteiger partial charge in [-0.3, -0.25) is 0 Å². The molecule has 0 radical (unpaired) electrons. The van der Waals surface area contributed by atoms with E-state index in [1.807, 2.05) is 33.8 Å². The Kier molecular flexibility index (Phi) is 4.25. The van der Waals surface area contributed by atoms with Crippen molar-refractivity contribution in [2.75, 3.05) is 0 Å². The van der Waals surface area contributed by atoms with Crippen LogP contribution in [0.25, 0.3) is 0 Å². The van der Waals surface area contributed by atoms with Crippen LogP contribution in [0.1, 0.15) is 27.7 Å². The Labute approximate surface area is 132 Å². The number of rotatable bonds is 4. The van der Waals surface area contributed by atoms with E-state index in [4.69, 9.17) is 23.7 Å². The van der Waals surface area contributed by atoms with E-state index >= 15 is 0 Å². The molecular formula is C15H24O5Se. The van der Waals surface area contributed by atoms with Gasteiger partial charge in [0.1, 0.15) is 0 Å². The average Bonchev–Trinajstić information content (AvgIpc) is 2.84. The number of hydrogen-bond acceptors (Lipinski definition) is 5. The Bertz CT molecular complexity index is 411. The summed E-state index contributed by atoms with van der Waals surface area (Å²) in [5.41, 5.74) is 0. The molecule has 5 nitrogen and oxygen atoms in total. The van der Waals surface area contributed by atoms with Gasteiger partial charge in [0.2, 0.25) is 0 Å². The zero-order valence-corrected chi connectivity index (χ0v) is 14.7. The third kappa shape index (κ3) is 3.22. The Hall–Kier alpha value is 0.0595.